The van der Waals surface area contributed by atoms with Crippen molar-refractivity contribution in [3.8, 4) is 0 Å². The number of anilines is 1. The van der Waals surface area contributed by atoms with Gasteiger partial charge in [0.05, 0.1) is 16.7 Å². The number of carbonyl (C=O) groups excluding carboxylic acids is 2. The maximum Gasteiger partial charge on any atom is 0.326 e. The largest absolute Gasteiger partial charge is 0.480 e. The van der Waals surface area contributed by atoms with E-state index in [1.165, 1.54) is 0 Å². The number of benzene rings is 2. The van der Waals surface area contributed by atoms with Crippen LogP contribution >= 0.6 is 11.6 Å². The van der Waals surface area contributed by atoms with Crippen molar-refractivity contribution in [3.05, 3.63) is 58.7 Å². The lowest BCUT2D eigenvalue weighted by Gasteiger charge is -2.40. The second-order valence-corrected chi connectivity index (χ2v) is 9.30. The number of carbonyl (C=O) groups is 3. The third kappa shape index (κ3) is 4.74. The van der Waals surface area contributed by atoms with Crippen molar-refractivity contribution in [1.29, 1.82) is 0 Å². The number of urea groups is 2. The van der Waals surface area contributed by atoms with Gasteiger partial charge in [-0.2, -0.15) is 5.10 Å². The Kier molecular flexibility index (Phi) is 6.21. The number of aromatic nitrogens is 2. The van der Waals surface area contributed by atoms with Crippen molar-refractivity contribution in [2.75, 3.05) is 18.4 Å². The smallest absolute Gasteiger partial charge is 0.326 e. The van der Waals surface area contributed by atoms with Gasteiger partial charge in [0, 0.05) is 43.2 Å². The summed E-state index contributed by atoms with van der Waals surface area (Å²) in [6, 6.07) is 9.53. The molecule has 3 heterocycles. The van der Waals surface area contributed by atoms with Gasteiger partial charge < -0.3 is 25.5 Å². The molecule has 11 heteroatoms. The van der Waals surface area contributed by atoms with E-state index in [1.807, 2.05) is 29.2 Å². The van der Waals surface area contributed by atoms with Crippen LogP contribution in [-0.4, -0.2) is 68.3 Å². The number of rotatable bonds is 5. The Morgan fingerprint density at radius 1 is 1.23 bits per heavy atom. The Morgan fingerprint density at radius 3 is 2.77 bits per heavy atom. The molecular weight excluding hydrogens is 472 g/mol. The van der Waals surface area contributed by atoms with Gasteiger partial charge in [0.1, 0.15) is 6.04 Å². The molecule has 0 bridgehead atoms. The number of hydrogen-bond acceptors (Lipinski definition) is 4. The number of hydrogen-bond donors (Lipinski definition) is 4. The van der Waals surface area contributed by atoms with E-state index in [2.05, 4.69) is 20.8 Å². The number of fused-ring (bicyclic) bond motifs is 2. The van der Waals surface area contributed by atoms with E-state index in [-0.39, 0.29) is 18.5 Å². The van der Waals surface area contributed by atoms with Gasteiger partial charge in [-0.3, -0.25) is 5.10 Å². The summed E-state index contributed by atoms with van der Waals surface area (Å²) < 4.78 is 0. The zero-order valence-corrected chi connectivity index (χ0v) is 19.6. The van der Waals surface area contributed by atoms with Crippen LogP contribution in [0.15, 0.2) is 42.6 Å². The highest BCUT2D eigenvalue weighted by Gasteiger charge is 2.33. The number of aliphatic carboxylic acids is 1. The Morgan fingerprint density at radius 2 is 2.00 bits per heavy atom. The molecule has 2 aromatic carbocycles. The first-order valence-corrected chi connectivity index (χ1v) is 11.8. The molecule has 182 valence electrons. The highest BCUT2D eigenvalue weighted by atomic mass is 35.5. The van der Waals surface area contributed by atoms with E-state index in [0.29, 0.717) is 48.6 Å². The minimum absolute atomic E-state index is 0.00602. The molecule has 35 heavy (non-hydrogen) atoms. The van der Waals surface area contributed by atoms with Crippen LogP contribution in [0.1, 0.15) is 24.0 Å². The molecule has 5 rings (SSSR count). The van der Waals surface area contributed by atoms with Crippen molar-refractivity contribution >= 4 is 46.2 Å². The molecule has 1 fully saturated rings. The molecule has 2 aliphatic heterocycles. The minimum Gasteiger partial charge on any atom is -0.480 e. The molecule has 0 spiro atoms. The summed E-state index contributed by atoms with van der Waals surface area (Å²) in [4.78, 5) is 40.8. The molecule has 4 amide bonds. The van der Waals surface area contributed by atoms with E-state index in [4.69, 9.17) is 11.6 Å². The summed E-state index contributed by atoms with van der Waals surface area (Å²) in [5.74, 6) is -1.12. The standard InChI is InChI=1S/C24H25ClN6O4/c25-18-10-14(9-16-12-26-29-21(16)18)11-20(22(32)33)28-23(34)30-7-5-17(6-8-30)31-13-15-3-1-2-4-19(15)27-24(31)35/h1-4,9-10,12,17,20H,5-8,11,13H2,(H,26,29)(H,27,35)(H,28,34)(H,32,33). The summed E-state index contributed by atoms with van der Waals surface area (Å²) >= 11 is 6.26. The maximum atomic E-state index is 12.9. The van der Waals surface area contributed by atoms with Crippen LogP contribution in [0, 0.1) is 0 Å². The fourth-order valence-electron chi connectivity index (χ4n) is 4.76. The van der Waals surface area contributed by atoms with Crippen molar-refractivity contribution in [3.63, 3.8) is 0 Å². The van der Waals surface area contributed by atoms with E-state index < -0.39 is 18.0 Å². The Labute approximate surface area is 206 Å². The number of nitrogens with zero attached hydrogens (tertiary/aromatic N) is 3. The first kappa shape index (κ1) is 23.0. The summed E-state index contributed by atoms with van der Waals surface area (Å²) in [5.41, 5.74) is 3.26. The molecule has 0 aliphatic carbocycles. The molecular formula is C24H25ClN6O4. The van der Waals surface area contributed by atoms with Crippen LogP contribution in [0.3, 0.4) is 0 Å². The highest BCUT2D eigenvalue weighted by Crippen LogP contribution is 2.28. The molecule has 4 N–H and O–H groups in total. The fraction of sp³-hybridized carbons (Fsp3) is 0.333. The molecule has 0 saturated carbocycles. The van der Waals surface area contributed by atoms with E-state index in [1.54, 1.807) is 23.2 Å². The molecule has 1 unspecified atom stereocenters. The van der Waals surface area contributed by atoms with Gasteiger partial charge in [0.15, 0.2) is 0 Å². The van der Waals surface area contributed by atoms with Crippen molar-refractivity contribution < 1.29 is 19.5 Å². The molecule has 1 aromatic heterocycles. The topological polar surface area (TPSA) is 131 Å². The predicted octanol–water partition coefficient (Wildman–Crippen LogP) is 3.43. The summed E-state index contributed by atoms with van der Waals surface area (Å²) in [6.45, 7) is 1.39. The van der Waals surface area contributed by atoms with Crippen LogP contribution in [-0.2, 0) is 17.8 Å². The Bertz CT molecular complexity index is 1290. The van der Waals surface area contributed by atoms with E-state index in [0.717, 1.165) is 16.6 Å². The lowest BCUT2D eigenvalue weighted by molar-refractivity contribution is -0.139. The predicted molar refractivity (Wildman–Crippen MR) is 130 cm³/mol. The lowest BCUT2D eigenvalue weighted by Crippen LogP contribution is -2.54. The van der Waals surface area contributed by atoms with E-state index >= 15 is 0 Å². The molecule has 3 aromatic rings. The first-order valence-electron chi connectivity index (χ1n) is 11.4. The molecule has 2 aliphatic rings. The average molecular weight is 497 g/mol. The number of H-pyrrole nitrogens is 1. The second-order valence-electron chi connectivity index (χ2n) is 8.89. The van der Waals surface area contributed by atoms with Crippen molar-refractivity contribution in [2.45, 2.75) is 37.9 Å². The quantitative estimate of drug-likeness (QED) is 0.430. The molecule has 10 nitrogen and oxygen atoms in total. The van der Waals surface area contributed by atoms with Crippen LogP contribution in [0.2, 0.25) is 5.02 Å². The van der Waals surface area contributed by atoms with Gasteiger partial charge >= 0.3 is 18.0 Å². The normalized spacial score (nSPS) is 17.1. The second kappa shape index (κ2) is 9.46. The van der Waals surface area contributed by atoms with Gasteiger partial charge in [-0.05, 0) is 42.2 Å². The minimum atomic E-state index is -1.12. The van der Waals surface area contributed by atoms with Crippen LogP contribution in [0.25, 0.3) is 10.9 Å². The Hall–Kier alpha value is -3.79. The molecule has 1 saturated heterocycles. The number of amides is 4. The summed E-state index contributed by atoms with van der Waals surface area (Å²) in [5, 5.41) is 23.2. The highest BCUT2D eigenvalue weighted by molar-refractivity contribution is 6.35. The number of likely N-dealkylation sites (tertiary alicyclic amines) is 1. The zero-order chi connectivity index (χ0) is 24.5. The van der Waals surface area contributed by atoms with Gasteiger partial charge in [-0.15, -0.1) is 0 Å². The number of carboxylic acid groups (broad SMARTS) is 1. The van der Waals surface area contributed by atoms with Gasteiger partial charge in [0.25, 0.3) is 0 Å². The summed E-state index contributed by atoms with van der Waals surface area (Å²) in [6.07, 6.45) is 2.94. The number of nitrogens with one attached hydrogen (secondary N) is 3. The number of carboxylic acids is 1. The van der Waals surface area contributed by atoms with Gasteiger partial charge in [0.2, 0.25) is 0 Å². The maximum absolute atomic E-state index is 12.9. The monoisotopic (exact) mass is 496 g/mol. The van der Waals surface area contributed by atoms with Gasteiger partial charge in [-0.25, -0.2) is 14.4 Å². The number of halogens is 1. The van der Waals surface area contributed by atoms with Crippen molar-refractivity contribution in [2.24, 2.45) is 0 Å². The zero-order valence-electron chi connectivity index (χ0n) is 18.8. The number of aromatic amines is 1. The Balaban J connectivity index is 1.19. The molecule has 0 radical (unpaired) electrons. The van der Waals surface area contributed by atoms with Crippen molar-refractivity contribution in [1.82, 2.24) is 25.3 Å². The third-order valence-electron chi connectivity index (χ3n) is 6.65. The average Bonchev–Trinajstić information content (AvgIpc) is 3.32. The first-order chi connectivity index (χ1) is 16.9. The number of para-hydroxylation sites is 1. The lowest BCUT2D eigenvalue weighted by atomic mass is 10.0. The summed E-state index contributed by atoms with van der Waals surface area (Å²) in [7, 11) is 0. The van der Waals surface area contributed by atoms with Gasteiger partial charge in [-0.1, -0.05) is 29.8 Å². The van der Waals surface area contributed by atoms with E-state index in [9.17, 15) is 19.5 Å². The SMILES string of the molecule is O=C(O)C(Cc1cc(Cl)c2[nH]ncc2c1)NC(=O)N1CCC(N2Cc3ccccc3NC2=O)CC1. The van der Waals surface area contributed by atoms with Crippen LogP contribution in [0.5, 0.6) is 0 Å². The number of piperidine rings is 1. The third-order valence-corrected chi connectivity index (χ3v) is 6.95. The van der Waals surface area contributed by atoms with Crippen LogP contribution < -0.4 is 10.6 Å². The molecule has 1 atom stereocenters. The fourth-order valence-corrected chi connectivity index (χ4v) is 5.06. The van der Waals surface area contributed by atoms with Crippen LogP contribution in [0.4, 0.5) is 15.3 Å².